The molecule has 29 heavy (non-hydrogen) atoms. The molecule has 2 heteroatoms. The first-order valence-electron chi connectivity index (χ1n) is 10.2. The van der Waals surface area contributed by atoms with Gasteiger partial charge in [0, 0.05) is 28.1 Å². The van der Waals surface area contributed by atoms with Gasteiger partial charge in [0.1, 0.15) is 5.65 Å². The van der Waals surface area contributed by atoms with Crippen LogP contribution in [-0.2, 0) is 5.41 Å². The molecule has 0 amide bonds. The lowest BCUT2D eigenvalue weighted by Crippen LogP contribution is -2.15. The van der Waals surface area contributed by atoms with Crippen molar-refractivity contribution in [2.75, 3.05) is 0 Å². The van der Waals surface area contributed by atoms with Crippen LogP contribution in [-0.4, -0.2) is 9.55 Å². The average Bonchev–Trinajstić information content (AvgIpc) is 3.18. The number of pyridine rings is 1. The maximum Gasteiger partial charge on any atom is 0.145 e. The predicted octanol–water partition coefficient (Wildman–Crippen LogP) is 6.79. The Hall–Kier alpha value is -3.39. The van der Waals surface area contributed by atoms with Gasteiger partial charge in [0.15, 0.2) is 0 Å². The standard InChI is InChI=1S/C27H22N2/c1-17-10-12-19-20-13-11-18(16-24(20)27(2,3)23(19)15-17)29-25-9-5-4-7-21(25)22-8-6-14-28-26(22)29/h4-16H,1-3H3. The van der Waals surface area contributed by atoms with Gasteiger partial charge in [-0.3, -0.25) is 4.57 Å². The van der Waals surface area contributed by atoms with Gasteiger partial charge in [-0.25, -0.2) is 4.98 Å². The smallest absolute Gasteiger partial charge is 0.145 e. The summed E-state index contributed by atoms with van der Waals surface area (Å²) in [5.74, 6) is 0. The zero-order chi connectivity index (χ0) is 19.8. The van der Waals surface area contributed by atoms with Gasteiger partial charge < -0.3 is 0 Å². The minimum absolute atomic E-state index is 0.0150. The van der Waals surface area contributed by atoms with Gasteiger partial charge in [-0.2, -0.15) is 0 Å². The Morgan fingerprint density at radius 3 is 2.34 bits per heavy atom. The zero-order valence-corrected chi connectivity index (χ0v) is 16.9. The third kappa shape index (κ3) is 2.14. The molecule has 0 saturated carbocycles. The first-order valence-corrected chi connectivity index (χ1v) is 10.2. The van der Waals surface area contributed by atoms with Crippen LogP contribution < -0.4 is 0 Å². The molecule has 0 radical (unpaired) electrons. The third-order valence-electron chi connectivity index (χ3n) is 6.51. The molecule has 1 aliphatic carbocycles. The minimum atomic E-state index is -0.0150. The summed E-state index contributed by atoms with van der Waals surface area (Å²) in [7, 11) is 0. The van der Waals surface area contributed by atoms with Crippen molar-refractivity contribution in [3.63, 3.8) is 0 Å². The largest absolute Gasteiger partial charge is 0.294 e. The summed E-state index contributed by atoms with van der Waals surface area (Å²) in [5, 5.41) is 2.44. The molecule has 0 N–H and O–H groups in total. The topological polar surface area (TPSA) is 17.8 Å². The van der Waals surface area contributed by atoms with Crippen molar-refractivity contribution in [1.29, 1.82) is 0 Å². The fourth-order valence-electron chi connectivity index (χ4n) is 5.04. The van der Waals surface area contributed by atoms with Crippen LogP contribution in [0.25, 0.3) is 38.8 Å². The number of benzene rings is 3. The number of aromatic nitrogens is 2. The molecule has 0 atom stereocenters. The maximum atomic E-state index is 4.74. The molecule has 5 aromatic rings. The van der Waals surface area contributed by atoms with Crippen molar-refractivity contribution in [3.8, 4) is 16.8 Å². The highest BCUT2D eigenvalue weighted by molar-refractivity contribution is 6.07. The summed E-state index contributed by atoms with van der Waals surface area (Å²) in [6.45, 7) is 6.85. The van der Waals surface area contributed by atoms with Gasteiger partial charge in [0.25, 0.3) is 0 Å². The molecule has 1 aliphatic rings. The highest BCUT2D eigenvalue weighted by atomic mass is 15.0. The van der Waals surface area contributed by atoms with E-state index < -0.39 is 0 Å². The Kier molecular flexibility index (Phi) is 3.18. The van der Waals surface area contributed by atoms with E-state index in [0.29, 0.717) is 0 Å². The molecular weight excluding hydrogens is 352 g/mol. The minimum Gasteiger partial charge on any atom is -0.294 e. The lowest BCUT2D eigenvalue weighted by molar-refractivity contribution is 0.659. The van der Waals surface area contributed by atoms with Crippen LogP contribution in [0.5, 0.6) is 0 Å². The van der Waals surface area contributed by atoms with E-state index in [4.69, 9.17) is 4.98 Å². The first kappa shape index (κ1) is 16.6. The molecule has 0 spiro atoms. The van der Waals surface area contributed by atoms with Crippen molar-refractivity contribution >= 4 is 21.9 Å². The van der Waals surface area contributed by atoms with Crippen LogP contribution in [0, 0.1) is 6.92 Å². The Labute approximate surface area is 170 Å². The highest BCUT2D eigenvalue weighted by Gasteiger charge is 2.35. The molecule has 0 aliphatic heterocycles. The van der Waals surface area contributed by atoms with E-state index in [-0.39, 0.29) is 5.41 Å². The molecule has 0 unspecified atom stereocenters. The van der Waals surface area contributed by atoms with Crippen LogP contribution >= 0.6 is 0 Å². The van der Waals surface area contributed by atoms with Crippen molar-refractivity contribution in [2.45, 2.75) is 26.2 Å². The van der Waals surface area contributed by atoms with Gasteiger partial charge in [-0.15, -0.1) is 0 Å². The van der Waals surface area contributed by atoms with Gasteiger partial charge in [0.2, 0.25) is 0 Å². The number of nitrogens with zero attached hydrogens (tertiary/aromatic N) is 2. The van der Waals surface area contributed by atoms with Gasteiger partial charge >= 0.3 is 0 Å². The second-order valence-corrected chi connectivity index (χ2v) is 8.63. The Morgan fingerprint density at radius 1 is 0.759 bits per heavy atom. The van der Waals surface area contributed by atoms with E-state index in [9.17, 15) is 0 Å². The fraction of sp³-hybridized carbons (Fsp3) is 0.148. The summed E-state index contributed by atoms with van der Waals surface area (Å²) in [5.41, 5.74) is 10.2. The first-order chi connectivity index (χ1) is 14.1. The van der Waals surface area contributed by atoms with E-state index in [1.54, 1.807) is 0 Å². The normalized spacial score (nSPS) is 14.3. The third-order valence-corrected chi connectivity index (χ3v) is 6.51. The Balaban J connectivity index is 1.66. The van der Waals surface area contributed by atoms with Crippen molar-refractivity contribution < 1.29 is 0 Å². The van der Waals surface area contributed by atoms with Crippen LogP contribution in [0.1, 0.15) is 30.5 Å². The summed E-state index contributed by atoms with van der Waals surface area (Å²) < 4.78 is 2.30. The van der Waals surface area contributed by atoms with Crippen LogP contribution in [0.2, 0.25) is 0 Å². The average molecular weight is 374 g/mol. The van der Waals surface area contributed by atoms with E-state index in [1.165, 1.54) is 49.8 Å². The summed E-state index contributed by atoms with van der Waals surface area (Å²) >= 11 is 0. The maximum absolute atomic E-state index is 4.74. The molecule has 2 nitrogen and oxygen atoms in total. The highest BCUT2D eigenvalue weighted by Crippen LogP contribution is 2.49. The second-order valence-electron chi connectivity index (χ2n) is 8.63. The quantitative estimate of drug-likeness (QED) is 0.316. The van der Waals surface area contributed by atoms with E-state index in [1.807, 2.05) is 12.3 Å². The van der Waals surface area contributed by atoms with E-state index in [2.05, 4.69) is 92.1 Å². The van der Waals surface area contributed by atoms with E-state index >= 15 is 0 Å². The Bertz CT molecular complexity index is 1380. The second kappa shape index (κ2) is 5.57. The molecular formula is C27H22N2. The molecule has 0 bridgehead atoms. The van der Waals surface area contributed by atoms with Crippen LogP contribution in [0.3, 0.4) is 0 Å². The molecule has 3 aromatic carbocycles. The monoisotopic (exact) mass is 374 g/mol. The van der Waals surface area contributed by atoms with Crippen LogP contribution in [0.15, 0.2) is 79.0 Å². The number of rotatable bonds is 1. The summed E-state index contributed by atoms with van der Waals surface area (Å²) in [6.07, 6.45) is 1.88. The van der Waals surface area contributed by atoms with Crippen molar-refractivity contribution in [1.82, 2.24) is 9.55 Å². The molecule has 6 rings (SSSR count). The van der Waals surface area contributed by atoms with Crippen molar-refractivity contribution in [2.24, 2.45) is 0 Å². The van der Waals surface area contributed by atoms with Gasteiger partial charge in [-0.1, -0.05) is 61.9 Å². The number of fused-ring (bicyclic) bond motifs is 6. The van der Waals surface area contributed by atoms with Gasteiger partial charge in [-0.05, 0) is 59.5 Å². The summed E-state index contributed by atoms with van der Waals surface area (Å²) in [6, 6.07) is 26.5. The molecule has 140 valence electrons. The number of hydrogen-bond acceptors (Lipinski definition) is 1. The lowest BCUT2D eigenvalue weighted by atomic mass is 9.82. The number of aryl methyl sites for hydroxylation is 1. The predicted molar refractivity (Wildman–Crippen MR) is 121 cm³/mol. The lowest BCUT2D eigenvalue weighted by Gasteiger charge is -2.22. The Morgan fingerprint density at radius 2 is 1.48 bits per heavy atom. The van der Waals surface area contributed by atoms with Crippen molar-refractivity contribution in [3.05, 3.63) is 95.7 Å². The van der Waals surface area contributed by atoms with E-state index in [0.717, 1.165) is 5.65 Å². The fourth-order valence-corrected chi connectivity index (χ4v) is 5.04. The molecule has 2 heterocycles. The molecule has 2 aromatic heterocycles. The van der Waals surface area contributed by atoms with Crippen LogP contribution in [0.4, 0.5) is 0 Å². The number of hydrogen-bond donors (Lipinski definition) is 0. The molecule has 0 fully saturated rings. The SMILES string of the molecule is Cc1ccc2c(c1)C(C)(C)c1cc(-n3c4ccccc4c4cccnc43)ccc1-2. The van der Waals surface area contributed by atoms with Gasteiger partial charge in [0.05, 0.1) is 5.52 Å². The molecule has 0 saturated heterocycles. The zero-order valence-electron chi connectivity index (χ0n) is 16.9. The number of para-hydroxylation sites is 1. The summed E-state index contributed by atoms with van der Waals surface area (Å²) in [4.78, 5) is 4.74.